The van der Waals surface area contributed by atoms with E-state index in [1.165, 1.54) is 11.3 Å². The van der Waals surface area contributed by atoms with E-state index in [9.17, 15) is 13.2 Å². The van der Waals surface area contributed by atoms with Gasteiger partial charge in [-0.15, -0.1) is 11.3 Å². The van der Waals surface area contributed by atoms with Crippen LogP contribution in [0.3, 0.4) is 0 Å². The van der Waals surface area contributed by atoms with Crippen molar-refractivity contribution >= 4 is 27.3 Å². The Balaban J connectivity index is 2.47. The first-order chi connectivity index (χ1) is 7.99. The van der Waals surface area contributed by atoms with Gasteiger partial charge in [-0.3, -0.25) is 0 Å². The summed E-state index contributed by atoms with van der Waals surface area (Å²) >= 11 is 4.60. The molecule has 2 aromatic rings. The molecule has 90 valence electrons. The molecule has 2 N–H and O–H groups in total. The Bertz CT molecular complexity index is 532. The predicted octanol–water partition coefficient (Wildman–Crippen LogP) is 3.98. The fourth-order valence-corrected chi connectivity index (χ4v) is 2.72. The summed E-state index contributed by atoms with van der Waals surface area (Å²) in [5, 5.41) is 1.69. The van der Waals surface area contributed by atoms with Crippen molar-refractivity contribution in [1.29, 1.82) is 0 Å². The largest absolute Gasteiger partial charge is 0.320 e. The Hall–Kier alpha value is -0.850. The maximum absolute atomic E-state index is 13.5. The number of hydrogen-bond acceptors (Lipinski definition) is 2. The van der Waals surface area contributed by atoms with Crippen molar-refractivity contribution < 1.29 is 13.2 Å². The molecule has 0 aliphatic rings. The molecular weight excluding hydrogens is 315 g/mol. The SMILES string of the molecule is NC(c1csc(Br)c1)c1c(F)cc(F)cc1F. The molecular formula is C11H7BrF3NS. The molecule has 0 fully saturated rings. The van der Waals surface area contributed by atoms with Crippen LogP contribution in [0.5, 0.6) is 0 Å². The van der Waals surface area contributed by atoms with Gasteiger partial charge >= 0.3 is 0 Å². The third-order valence-electron chi connectivity index (χ3n) is 2.30. The highest BCUT2D eigenvalue weighted by atomic mass is 79.9. The number of nitrogens with two attached hydrogens (primary N) is 1. The molecule has 0 saturated carbocycles. The van der Waals surface area contributed by atoms with Crippen LogP contribution in [0.25, 0.3) is 0 Å². The molecule has 1 nitrogen and oxygen atoms in total. The fourth-order valence-electron chi connectivity index (χ4n) is 1.50. The molecule has 2 rings (SSSR count). The third kappa shape index (κ3) is 2.53. The molecule has 0 aliphatic heterocycles. The van der Waals surface area contributed by atoms with E-state index in [1.807, 2.05) is 0 Å². The van der Waals surface area contributed by atoms with Crippen molar-refractivity contribution in [1.82, 2.24) is 0 Å². The number of hydrogen-bond donors (Lipinski definition) is 1. The highest BCUT2D eigenvalue weighted by molar-refractivity contribution is 9.11. The van der Waals surface area contributed by atoms with Crippen LogP contribution in [0.2, 0.25) is 0 Å². The van der Waals surface area contributed by atoms with Crippen molar-refractivity contribution in [3.8, 4) is 0 Å². The summed E-state index contributed by atoms with van der Waals surface area (Å²) in [5.41, 5.74) is 6.02. The molecule has 0 bridgehead atoms. The van der Waals surface area contributed by atoms with Crippen molar-refractivity contribution in [2.45, 2.75) is 6.04 Å². The summed E-state index contributed by atoms with van der Waals surface area (Å²) in [7, 11) is 0. The quantitative estimate of drug-likeness (QED) is 0.889. The van der Waals surface area contributed by atoms with E-state index < -0.39 is 23.5 Å². The van der Waals surface area contributed by atoms with Gasteiger partial charge in [-0.1, -0.05) is 0 Å². The zero-order chi connectivity index (χ0) is 12.6. The second-order valence-corrected chi connectivity index (χ2v) is 5.74. The first-order valence-corrected chi connectivity index (χ1v) is 6.30. The first kappa shape index (κ1) is 12.6. The lowest BCUT2D eigenvalue weighted by molar-refractivity contribution is 0.515. The summed E-state index contributed by atoms with van der Waals surface area (Å²) in [6.45, 7) is 0. The van der Waals surface area contributed by atoms with Crippen molar-refractivity contribution in [2.75, 3.05) is 0 Å². The molecule has 1 aromatic heterocycles. The Labute approximate surface area is 108 Å². The standard InChI is InChI=1S/C11H7BrF3NS/c12-9-1-5(4-17-9)11(16)10-7(14)2-6(13)3-8(10)15/h1-4,11H,16H2. The number of thiophene rings is 1. The van der Waals surface area contributed by atoms with E-state index in [4.69, 9.17) is 5.73 Å². The number of rotatable bonds is 2. The lowest BCUT2D eigenvalue weighted by Crippen LogP contribution is -2.15. The maximum atomic E-state index is 13.5. The minimum atomic E-state index is -0.975. The molecule has 1 aromatic carbocycles. The van der Waals surface area contributed by atoms with Crippen LogP contribution in [0.1, 0.15) is 17.2 Å². The van der Waals surface area contributed by atoms with Gasteiger partial charge in [0.2, 0.25) is 0 Å². The normalized spacial score (nSPS) is 12.8. The molecule has 0 amide bonds. The lowest BCUT2D eigenvalue weighted by Gasteiger charge is -2.12. The van der Waals surface area contributed by atoms with Gasteiger partial charge < -0.3 is 5.73 Å². The second-order valence-electron chi connectivity index (χ2n) is 3.44. The van der Waals surface area contributed by atoms with Crippen LogP contribution in [-0.2, 0) is 0 Å². The number of benzene rings is 1. The monoisotopic (exact) mass is 321 g/mol. The molecule has 0 radical (unpaired) electrons. The summed E-state index contributed by atoms with van der Waals surface area (Å²) < 4.78 is 40.5. The topological polar surface area (TPSA) is 26.0 Å². The van der Waals surface area contributed by atoms with Crippen LogP contribution in [0, 0.1) is 17.5 Å². The highest BCUT2D eigenvalue weighted by Gasteiger charge is 2.20. The zero-order valence-corrected chi connectivity index (χ0v) is 10.8. The van der Waals surface area contributed by atoms with Crippen molar-refractivity contribution in [3.63, 3.8) is 0 Å². The van der Waals surface area contributed by atoms with Gasteiger partial charge in [-0.05, 0) is 32.9 Å². The van der Waals surface area contributed by atoms with Crippen molar-refractivity contribution in [3.05, 3.63) is 55.9 Å². The van der Waals surface area contributed by atoms with Gasteiger partial charge in [0.15, 0.2) is 0 Å². The average Bonchev–Trinajstić information content (AvgIpc) is 2.63. The van der Waals surface area contributed by atoms with Crippen LogP contribution < -0.4 is 5.73 Å². The summed E-state index contributed by atoms with van der Waals surface area (Å²) in [4.78, 5) is 0. The third-order valence-corrected chi connectivity index (χ3v) is 3.82. The molecule has 17 heavy (non-hydrogen) atoms. The molecule has 0 spiro atoms. The van der Waals surface area contributed by atoms with E-state index in [1.54, 1.807) is 11.4 Å². The minimum Gasteiger partial charge on any atom is -0.320 e. The van der Waals surface area contributed by atoms with Gasteiger partial charge in [0.05, 0.1) is 9.83 Å². The molecule has 1 atom stereocenters. The molecule has 0 aliphatic carbocycles. The predicted molar refractivity (Wildman–Crippen MR) is 64.4 cm³/mol. The lowest BCUT2D eigenvalue weighted by atomic mass is 10.0. The van der Waals surface area contributed by atoms with Gasteiger partial charge in [0, 0.05) is 17.7 Å². The van der Waals surface area contributed by atoms with Crippen LogP contribution in [0.15, 0.2) is 27.4 Å². The Morgan fingerprint density at radius 1 is 1.12 bits per heavy atom. The van der Waals surface area contributed by atoms with Gasteiger partial charge in [-0.25, -0.2) is 13.2 Å². The van der Waals surface area contributed by atoms with Crippen molar-refractivity contribution in [2.24, 2.45) is 5.73 Å². The van der Waals surface area contributed by atoms with Gasteiger partial charge in [-0.2, -0.15) is 0 Å². The smallest absolute Gasteiger partial charge is 0.134 e. The van der Waals surface area contributed by atoms with E-state index in [0.29, 0.717) is 17.7 Å². The fraction of sp³-hybridized carbons (Fsp3) is 0.0909. The summed E-state index contributed by atoms with van der Waals surface area (Å²) in [6, 6.07) is 1.98. The van der Waals surface area contributed by atoms with Gasteiger partial charge in [0.1, 0.15) is 17.5 Å². The summed E-state index contributed by atoms with van der Waals surface area (Å²) in [6.07, 6.45) is 0. The highest BCUT2D eigenvalue weighted by Crippen LogP contribution is 2.30. The Kier molecular flexibility index (Phi) is 3.56. The second kappa shape index (κ2) is 4.80. The minimum absolute atomic E-state index is 0.322. The Morgan fingerprint density at radius 3 is 2.18 bits per heavy atom. The first-order valence-electron chi connectivity index (χ1n) is 4.63. The van der Waals surface area contributed by atoms with Gasteiger partial charge in [0.25, 0.3) is 0 Å². The molecule has 0 saturated heterocycles. The molecule has 6 heteroatoms. The van der Waals surface area contributed by atoms with E-state index >= 15 is 0 Å². The van der Waals surface area contributed by atoms with E-state index in [0.717, 1.165) is 3.79 Å². The summed E-state index contributed by atoms with van der Waals surface area (Å²) in [5.74, 6) is -2.91. The number of halogens is 4. The molecule has 1 heterocycles. The van der Waals surface area contributed by atoms with Crippen LogP contribution in [0.4, 0.5) is 13.2 Å². The Morgan fingerprint density at radius 2 is 1.71 bits per heavy atom. The maximum Gasteiger partial charge on any atom is 0.134 e. The van der Waals surface area contributed by atoms with Crippen LogP contribution in [-0.4, -0.2) is 0 Å². The van der Waals surface area contributed by atoms with Crippen LogP contribution >= 0.6 is 27.3 Å². The zero-order valence-electron chi connectivity index (χ0n) is 8.38. The van der Waals surface area contributed by atoms with E-state index in [2.05, 4.69) is 15.9 Å². The molecule has 1 unspecified atom stereocenters. The average molecular weight is 322 g/mol. The van der Waals surface area contributed by atoms with E-state index in [-0.39, 0.29) is 5.56 Å².